The first-order chi connectivity index (χ1) is 9.24. The molecule has 1 saturated carbocycles. The van der Waals surface area contributed by atoms with Crippen LogP contribution in [0.3, 0.4) is 0 Å². The van der Waals surface area contributed by atoms with Gasteiger partial charge < -0.3 is 0 Å². The summed E-state index contributed by atoms with van der Waals surface area (Å²) in [7, 11) is 0. The third-order valence-corrected chi connectivity index (χ3v) is 4.28. The standard InChI is InChI=1S/C15H26N4/c1-3-14-13(10-11(2)18-19-14)15(17-16)9-8-12-6-4-5-7-12/h10,12,15,17H,3-9,16H2,1-2H3. The Hall–Kier alpha value is -1.00. The molecule has 1 unspecified atom stereocenters. The fraction of sp³-hybridized carbons (Fsp3) is 0.733. The summed E-state index contributed by atoms with van der Waals surface area (Å²) in [6.45, 7) is 4.11. The van der Waals surface area contributed by atoms with Crippen LogP contribution in [0.2, 0.25) is 0 Å². The second-order valence-corrected chi connectivity index (χ2v) is 5.69. The van der Waals surface area contributed by atoms with E-state index in [1.54, 1.807) is 0 Å². The van der Waals surface area contributed by atoms with Gasteiger partial charge in [-0.1, -0.05) is 32.6 Å². The molecule has 4 heteroatoms. The molecule has 0 amide bonds. The third-order valence-electron chi connectivity index (χ3n) is 4.28. The SMILES string of the molecule is CCc1nnc(C)cc1C(CCC1CCCC1)NN. The van der Waals surface area contributed by atoms with Crippen molar-refractivity contribution in [3.05, 3.63) is 23.0 Å². The molecular weight excluding hydrogens is 236 g/mol. The van der Waals surface area contributed by atoms with Crippen molar-refractivity contribution in [2.24, 2.45) is 11.8 Å². The van der Waals surface area contributed by atoms with E-state index in [2.05, 4.69) is 28.6 Å². The Morgan fingerprint density at radius 1 is 1.37 bits per heavy atom. The lowest BCUT2D eigenvalue weighted by atomic mass is 9.94. The number of aromatic nitrogens is 2. The average molecular weight is 262 g/mol. The third kappa shape index (κ3) is 3.74. The van der Waals surface area contributed by atoms with E-state index in [0.717, 1.165) is 30.1 Å². The zero-order valence-electron chi connectivity index (χ0n) is 12.2. The van der Waals surface area contributed by atoms with Crippen LogP contribution in [0.4, 0.5) is 0 Å². The van der Waals surface area contributed by atoms with Crippen LogP contribution in [-0.4, -0.2) is 10.2 Å². The van der Waals surface area contributed by atoms with Crippen molar-refractivity contribution >= 4 is 0 Å². The lowest BCUT2D eigenvalue weighted by Gasteiger charge is -2.20. The monoisotopic (exact) mass is 262 g/mol. The quantitative estimate of drug-likeness (QED) is 0.611. The number of hydrogen-bond donors (Lipinski definition) is 2. The molecule has 1 aromatic rings. The summed E-state index contributed by atoms with van der Waals surface area (Å²) in [6.07, 6.45) is 8.86. The van der Waals surface area contributed by atoms with Gasteiger partial charge in [0.05, 0.1) is 11.4 Å². The number of aryl methyl sites for hydroxylation is 2. The van der Waals surface area contributed by atoms with Gasteiger partial charge in [0.15, 0.2) is 0 Å². The van der Waals surface area contributed by atoms with Gasteiger partial charge in [0.2, 0.25) is 0 Å². The molecule has 2 rings (SSSR count). The van der Waals surface area contributed by atoms with Crippen molar-refractivity contribution in [3.63, 3.8) is 0 Å². The predicted molar refractivity (Wildman–Crippen MR) is 77.4 cm³/mol. The van der Waals surface area contributed by atoms with Crippen molar-refractivity contribution in [1.82, 2.24) is 15.6 Å². The van der Waals surface area contributed by atoms with E-state index in [4.69, 9.17) is 5.84 Å². The normalized spacial score (nSPS) is 17.8. The van der Waals surface area contributed by atoms with Gasteiger partial charge in [0.25, 0.3) is 0 Å². The molecule has 1 atom stereocenters. The summed E-state index contributed by atoms with van der Waals surface area (Å²) in [5.74, 6) is 6.66. The molecule has 0 bridgehead atoms. The zero-order valence-corrected chi connectivity index (χ0v) is 12.2. The average Bonchev–Trinajstić information content (AvgIpc) is 2.93. The molecule has 3 N–H and O–H groups in total. The van der Waals surface area contributed by atoms with Gasteiger partial charge in [-0.05, 0) is 43.7 Å². The molecule has 106 valence electrons. The summed E-state index contributed by atoms with van der Waals surface area (Å²) in [5, 5.41) is 8.45. The maximum atomic E-state index is 5.77. The first kappa shape index (κ1) is 14.4. The summed E-state index contributed by atoms with van der Waals surface area (Å²) in [6, 6.07) is 2.34. The zero-order chi connectivity index (χ0) is 13.7. The van der Waals surface area contributed by atoms with Crippen molar-refractivity contribution in [3.8, 4) is 0 Å². The van der Waals surface area contributed by atoms with Crippen LogP contribution in [0, 0.1) is 12.8 Å². The van der Waals surface area contributed by atoms with Crippen LogP contribution in [0.1, 0.15) is 68.4 Å². The number of rotatable bonds is 6. The minimum Gasteiger partial charge on any atom is -0.271 e. The van der Waals surface area contributed by atoms with Crippen LogP contribution in [0.15, 0.2) is 6.07 Å². The number of hydrazine groups is 1. The lowest BCUT2D eigenvalue weighted by Crippen LogP contribution is -2.29. The molecule has 0 aromatic carbocycles. The Kier molecular flexibility index (Phi) is 5.28. The lowest BCUT2D eigenvalue weighted by molar-refractivity contribution is 0.413. The number of nitrogens with two attached hydrogens (primary N) is 1. The molecule has 0 saturated heterocycles. The van der Waals surface area contributed by atoms with E-state index in [9.17, 15) is 0 Å². The maximum Gasteiger partial charge on any atom is 0.0676 e. The maximum absolute atomic E-state index is 5.77. The highest BCUT2D eigenvalue weighted by atomic mass is 15.2. The molecule has 1 aromatic heterocycles. The van der Waals surface area contributed by atoms with E-state index in [1.165, 1.54) is 37.7 Å². The van der Waals surface area contributed by atoms with E-state index >= 15 is 0 Å². The van der Waals surface area contributed by atoms with Crippen LogP contribution in [0.25, 0.3) is 0 Å². The minimum atomic E-state index is 0.213. The van der Waals surface area contributed by atoms with Gasteiger partial charge in [0, 0.05) is 6.04 Å². The van der Waals surface area contributed by atoms with Gasteiger partial charge in [-0.2, -0.15) is 10.2 Å². The smallest absolute Gasteiger partial charge is 0.0676 e. The van der Waals surface area contributed by atoms with Crippen molar-refractivity contribution in [2.75, 3.05) is 0 Å². The summed E-state index contributed by atoms with van der Waals surface area (Å²) < 4.78 is 0. The van der Waals surface area contributed by atoms with Gasteiger partial charge in [-0.25, -0.2) is 0 Å². The highest BCUT2D eigenvalue weighted by Gasteiger charge is 2.20. The van der Waals surface area contributed by atoms with E-state index in [-0.39, 0.29) is 6.04 Å². The van der Waals surface area contributed by atoms with Gasteiger partial charge in [-0.3, -0.25) is 11.3 Å². The van der Waals surface area contributed by atoms with E-state index in [0.29, 0.717) is 0 Å². The molecule has 1 heterocycles. The Morgan fingerprint density at radius 3 is 2.74 bits per heavy atom. The number of nitrogens with one attached hydrogen (secondary N) is 1. The highest BCUT2D eigenvalue weighted by molar-refractivity contribution is 5.24. The largest absolute Gasteiger partial charge is 0.271 e. The Morgan fingerprint density at radius 2 is 2.11 bits per heavy atom. The number of nitrogens with zero attached hydrogens (tertiary/aromatic N) is 2. The molecule has 19 heavy (non-hydrogen) atoms. The molecule has 4 nitrogen and oxygen atoms in total. The van der Waals surface area contributed by atoms with Gasteiger partial charge in [-0.15, -0.1) is 0 Å². The predicted octanol–water partition coefficient (Wildman–Crippen LogP) is 2.82. The van der Waals surface area contributed by atoms with E-state index in [1.807, 2.05) is 6.92 Å². The molecule has 1 fully saturated rings. The summed E-state index contributed by atoms with van der Waals surface area (Å²) >= 11 is 0. The summed E-state index contributed by atoms with van der Waals surface area (Å²) in [4.78, 5) is 0. The first-order valence-electron chi connectivity index (χ1n) is 7.53. The second kappa shape index (κ2) is 6.96. The minimum absolute atomic E-state index is 0.213. The molecular formula is C15H26N4. The molecule has 0 spiro atoms. The Bertz CT molecular complexity index is 399. The number of hydrogen-bond acceptors (Lipinski definition) is 4. The van der Waals surface area contributed by atoms with Crippen LogP contribution in [-0.2, 0) is 6.42 Å². The second-order valence-electron chi connectivity index (χ2n) is 5.69. The summed E-state index contributed by atoms with van der Waals surface area (Å²) in [5.41, 5.74) is 6.24. The van der Waals surface area contributed by atoms with Crippen LogP contribution in [0.5, 0.6) is 0 Å². The fourth-order valence-corrected chi connectivity index (χ4v) is 3.14. The van der Waals surface area contributed by atoms with Crippen molar-refractivity contribution < 1.29 is 0 Å². The molecule has 0 radical (unpaired) electrons. The molecule has 1 aliphatic carbocycles. The van der Waals surface area contributed by atoms with Crippen molar-refractivity contribution in [2.45, 2.75) is 64.8 Å². The first-order valence-corrected chi connectivity index (χ1v) is 7.53. The molecule has 1 aliphatic rings. The van der Waals surface area contributed by atoms with Crippen LogP contribution < -0.4 is 11.3 Å². The molecule has 0 aliphatic heterocycles. The van der Waals surface area contributed by atoms with Gasteiger partial charge >= 0.3 is 0 Å². The Labute approximate surface area is 116 Å². The van der Waals surface area contributed by atoms with Crippen LogP contribution >= 0.6 is 0 Å². The Balaban J connectivity index is 2.05. The van der Waals surface area contributed by atoms with Gasteiger partial charge in [0.1, 0.15) is 0 Å². The highest BCUT2D eigenvalue weighted by Crippen LogP contribution is 2.31. The fourth-order valence-electron chi connectivity index (χ4n) is 3.14. The van der Waals surface area contributed by atoms with Crippen molar-refractivity contribution in [1.29, 1.82) is 0 Å². The van der Waals surface area contributed by atoms with E-state index < -0.39 is 0 Å². The topological polar surface area (TPSA) is 63.8 Å².